The van der Waals surface area contributed by atoms with Crippen molar-refractivity contribution in [2.24, 2.45) is 0 Å². The van der Waals surface area contributed by atoms with E-state index in [1.54, 1.807) is 18.2 Å². The third-order valence-electron chi connectivity index (χ3n) is 3.77. The van der Waals surface area contributed by atoms with E-state index in [4.69, 9.17) is 4.52 Å². The first kappa shape index (κ1) is 18.1. The molecule has 3 rings (SSSR count). The summed E-state index contributed by atoms with van der Waals surface area (Å²) in [4.78, 5) is 12.4. The number of benzene rings is 2. The molecule has 0 spiro atoms. The van der Waals surface area contributed by atoms with Crippen molar-refractivity contribution in [3.8, 4) is 0 Å². The lowest BCUT2D eigenvalue weighted by atomic mass is 10.1. The zero-order valence-corrected chi connectivity index (χ0v) is 15.0. The van der Waals surface area contributed by atoms with Crippen LogP contribution < -0.4 is 10.0 Å². The van der Waals surface area contributed by atoms with E-state index in [2.05, 4.69) is 15.2 Å². The van der Waals surface area contributed by atoms with Crippen LogP contribution in [0, 0.1) is 0 Å². The van der Waals surface area contributed by atoms with Crippen LogP contribution in [0.25, 0.3) is 11.0 Å². The Bertz CT molecular complexity index is 1010. The monoisotopic (exact) mass is 373 g/mol. The predicted molar refractivity (Wildman–Crippen MR) is 98.3 cm³/mol. The molecule has 1 heterocycles. The third kappa shape index (κ3) is 4.09. The summed E-state index contributed by atoms with van der Waals surface area (Å²) in [6, 6.07) is 13.3. The van der Waals surface area contributed by atoms with E-state index in [9.17, 15) is 13.2 Å². The van der Waals surface area contributed by atoms with Crippen molar-refractivity contribution < 1.29 is 17.7 Å². The zero-order chi connectivity index (χ0) is 18.6. The van der Waals surface area contributed by atoms with Crippen LogP contribution >= 0.6 is 0 Å². The van der Waals surface area contributed by atoms with Crippen LogP contribution in [0.3, 0.4) is 0 Å². The maximum Gasteiger partial charge on any atom is 0.240 e. The minimum atomic E-state index is -3.52. The Morgan fingerprint density at radius 1 is 1.12 bits per heavy atom. The Morgan fingerprint density at radius 3 is 2.58 bits per heavy atom. The molecule has 0 atom stereocenters. The first-order chi connectivity index (χ1) is 12.5. The molecule has 0 aliphatic carbocycles. The largest absolute Gasteiger partial charge is 0.356 e. The van der Waals surface area contributed by atoms with Gasteiger partial charge in [-0.2, -0.15) is 0 Å². The van der Waals surface area contributed by atoms with Gasteiger partial charge in [-0.3, -0.25) is 4.79 Å². The van der Waals surface area contributed by atoms with E-state index < -0.39 is 10.0 Å². The number of sulfonamides is 1. The molecule has 7 nitrogen and oxygen atoms in total. The Kier molecular flexibility index (Phi) is 5.34. The average molecular weight is 373 g/mol. The maximum atomic E-state index is 12.2. The van der Waals surface area contributed by atoms with Crippen molar-refractivity contribution >= 4 is 32.6 Å². The summed E-state index contributed by atoms with van der Waals surface area (Å²) in [6.07, 6.45) is 0.777. The molecule has 26 heavy (non-hydrogen) atoms. The molecule has 136 valence electrons. The molecular weight excluding hydrogens is 354 g/mol. The number of nitrogens with zero attached hydrogens (tertiary/aromatic N) is 1. The fraction of sp³-hybridized carbons (Fsp3) is 0.222. The highest BCUT2D eigenvalue weighted by molar-refractivity contribution is 7.89. The highest BCUT2D eigenvalue weighted by Gasteiger charge is 2.14. The van der Waals surface area contributed by atoms with Crippen LogP contribution in [0.1, 0.15) is 19.0 Å². The molecule has 3 aromatic rings. The normalized spacial score (nSPS) is 11.6. The van der Waals surface area contributed by atoms with Gasteiger partial charge in [0.25, 0.3) is 0 Å². The minimum Gasteiger partial charge on any atom is -0.356 e. The summed E-state index contributed by atoms with van der Waals surface area (Å²) in [5.41, 5.74) is 1.70. The summed E-state index contributed by atoms with van der Waals surface area (Å²) in [7, 11) is -3.52. The van der Waals surface area contributed by atoms with Gasteiger partial charge in [-0.25, -0.2) is 13.1 Å². The summed E-state index contributed by atoms with van der Waals surface area (Å²) in [6.45, 7) is 2.27. The van der Waals surface area contributed by atoms with E-state index in [-0.39, 0.29) is 17.2 Å². The van der Waals surface area contributed by atoms with E-state index in [0.717, 1.165) is 5.39 Å². The number of carbonyl (C=O) groups is 1. The molecule has 2 N–H and O–H groups in total. The lowest BCUT2D eigenvalue weighted by Crippen LogP contribution is -2.24. The van der Waals surface area contributed by atoms with Gasteiger partial charge in [0.15, 0.2) is 5.58 Å². The quantitative estimate of drug-likeness (QED) is 0.663. The summed E-state index contributed by atoms with van der Waals surface area (Å²) < 4.78 is 31.8. The molecule has 2 aromatic carbocycles. The van der Waals surface area contributed by atoms with Gasteiger partial charge in [0.1, 0.15) is 5.69 Å². The molecule has 0 saturated heterocycles. The van der Waals surface area contributed by atoms with Crippen molar-refractivity contribution in [3.63, 3.8) is 0 Å². The Hall–Kier alpha value is -2.71. The number of rotatable bonds is 7. The van der Waals surface area contributed by atoms with Crippen molar-refractivity contribution in [2.45, 2.75) is 24.7 Å². The number of fused-ring (bicyclic) bond motifs is 1. The van der Waals surface area contributed by atoms with Crippen molar-refractivity contribution in [3.05, 3.63) is 54.2 Å². The Labute approximate surface area is 151 Å². The molecule has 0 saturated carbocycles. The summed E-state index contributed by atoms with van der Waals surface area (Å²) in [5, 5.41) is 7.46. The van der Waals surface area contributed by atoms with Crippen molar-refractivity contribution in [2.75, 3.05) is 11.9 Å². The second-order valence-electron chi connectivity index (χ2n) is 5.77. The summed E-state index contributed by atoms with van der Waals surface area (Å²) >= 11 is 0. The van der Waals surface area contributed by atoms with Gasteiger partial charge in [-0.05, 0) is 42.8 Å². The van der Waals surface area contributed by atoms with Crippen LogP contribution in [0.15, 0.2) is 57.9 Å². The van der Waals surface area contributed by atoms with Gasteiger partial charge in [0.05, 0.1) is 11.3 Å². The second kappa shape index (κ2) is 7.67. The number of para-hydroxylation sites is 1. The molecule has 0 aliphatic rings. The fourth-order valence-corrected chi connectivity index (χ4v) is 3.59. The van der Waals surface area contributed by atoms with Crippen molar-refractivity contribution in [1.29, 1.82) is 0 Å². The molecule has 8 heteroatoms. The number of hydrogen-bond acceptors (Lipinski definition) is 5. The lowest BCUT2D eigenvalue weighted by Gasteiger charge is -2.07. The highest BCUT2D eigenvalue weighted by Crippen LogP contribution is 2.19. The number of anilines is 1. The van der Waals surface area contributed by atoms with Crippen molar-refractivity contribution in [1.82, 2.24) is 9.88 Å². The van der Waals surface area contributed by atoms with Crippen LogP contribution in [0.4, 0.5) is 5.69 Å². The molecule has 0 unspecified atom stereocenters. The van der Waals surface area contributed by atoms with Gasteiger partial charge in [-0.1, -0.05) is 24.2 Å². The molecule has 1 aromatic heterocycles. The first-order valence-electron chi connectivity index (χ1n) is 8.22. The molecule has 0 fully saturated rings. The van der Waals surface area contributed by atoms with E-state index in [1.165, 1.54) is 12.1 Å². The number of aromatic nitrogens is 1. The third-order valence-corrected chi connectivity index (χ3v) is 5.25. The molecule has 1 amide bonds. The zero-order valence-electron chi connectivity index (χ0n) is 14.2. The highest BCUT2D eigenvalue weighted by atomic mass is 32.2. The Balaban J connectivity index is 1.66. The van der Waals surface area contributed by atoms with Gasteiger partial charge in [-0.15, -0.1) is 0 Å². The van der Waals surface area contributed by atoms with Crippen LogP contribution in [0.2, 0.25) is 0 Å². The van der Waals surface area contributed by atoms with E-state index in [1.807, 2.05) is 25.1 Å². The Morgan fingerprint density at radius 2 is 1.85 bits per heavy atom. The lowest BCUT2D eigenvalue weighted by molar-refractivity contribution is -0.115. The SMILES string of the molecule is CCCNS(=O)(=O)c1ccc(NC(=O)Cc2noc3ccccc23)cc1. The first-order valence-corrected chi connectivity index (χ1v) is 9.71. The van der Waals surface area contributed by atoms with Gasteiger partial charge < -0.3 is 9.84 Å². The molecule has 0 radical (unpaired) electrons. The van der Waals surface area contributed by atoms with Crippen LogP contribution in [-0.2, 0) is 21.2 Å². The summed E-state index contributed by atoms with van der Waals surface area (Å²) in [5.74, 6) is -0.260. The number of hydrogen-bond donors (Lipinski definition) is 2. The molecule has 0 aliphatic heterocycles. The average Bonchev–Trinajstić information content (AvgIpc) is 3.03. The van der Waals surface area contributed by atoms with Crippen LogP contribution in [0.5, 0.6) is 0 Å². The van der Waals surface area contributed by atoms with Crippen LogP contribution in [-0.4, -0.2) is 26.0 Å². The second-order valence-corrected chi connectivity index (χ2v) is 7.54. The molecular formula is C18H19N3O4S. The van der Waals surface area contributed by atoms with E-state index in [0.29, 0.717) is 29.9 Å². The minimum absolute atomic E-state index is 0.0646. The van der Waals surface area contributed by atoms with Gasteiger partial charge in [0, 0.05) is 17.6 Å². The van der Waals surface area contributed by atoms with Gasteiger partial charge >= 0.3 is 0 Å². The topological polar surface area (TPSA) is 101 Å². The molecule has 0 bridgehead atoms. The maximum absolute atomic E-state index is 12.2. The van der Waals surface area contributed by atoms with Gasteiger partial charge in [0.2, 0.25) is 15.9 Å². The fourth-order valence-electron chi connectivity index (χ4n) is 2.46. The number of carbonyl (C=O) groups excluding carboxylic acids is 1. The predicted octanol–water partition coefficient (Wildman–Crippen LogP) is 2.70. The standard InChI is InChI=1S/C18H19N3O4S/c1-2-11-19-26(23,24)14-9-7-13(8-10-14)20-18(22)12-16-15-5-3-4-6-17(15)25-21-16/h3-10,19H,2,11-12H2,1H3,(H,20,22). The van der Waals surface area contributed by atoms with E-state index >= 15 is 0 Å². The number of nitrogens with one attached hydrogen (secondary N) is 2. The smallest absolute Gasteiger partial charge is 0.240 e. The number of amides is 1.